The van der Waals surface area contributed by atoms with E-state index in [1.165, 1.54) is 6.07 Å². The highest BCUT2D eigenvalue weighted by Crippen LogP contribution is 2.23. The third-order valence-corrected chi connectivity index (χ3v) is 3.17. The third-order valence-electron chi connectivity index (χ3n) is 2.92. The minimum absolute atomic E-state index is 0.0271. The Hall–Kier alpha value is -2.53. The van der Waals surface area contributed by atoms with Crippen molar-refractivity contribution in [2.45, 2.75) is 6.92 Å². The first-order valence-corrected chi connectivity index (χ1v) is 6.86. The number of carbonyl (C=O) groups excluding carboxylic acids is 1. The quantitative estimate of drug-likeness (QED) is 0.886. The van der Waals surface area contributed by atoms with Crippen LogP contribution in [-0.4, -0.2) is 23.6 Å². The van der Waals surface area contributed by atoms with Crippen LogP contribution >= 0.6 is 11.6 Å². The number of carboxylic acid groups (broad SMARTS) is 1. The summed E-state index contributed by atoms with van der Waals surface area (Å²) >= 11 is 5.76. The molecule has 0 saturated heterocycles. The molecule has 0 heterocycles. The number of nitrogens with one attached hydrogen (secondary N) is 1. The molecule has 2 aromatic carbocycles. The minimum atomic E-state index is -1.10. The largest absolute Gasteiger partial charge is 0.483 e. The number of carbonyl (C=O) groups is 2. The van der Waals surface area contributed by atoms with Gasteiger partial charge in [-0.1, -0.05) is 23.7 Å². The molecule has 6 heteroatoms. The van der Waals surface area contributed by atoms with E-state index >= 15 is 0 Å². The van der Waals surface area contributed by atoms with Gasteiger partial charge in [-0.25, -0.2) is 4.79 Å². The third kappa shape index (κ3) is 3.99. The normalized spacial score (nSPS) is 10.1. The minimum Gasteiger partial charge on any atom is -0.483 e. The van der Waals surface area contributed by atoms with Gasteiger partial charge >= 0.3 is 5.97 Å². The number of halogens is 1. The van der Waals surface area contributed by atoms with Gasteiger partial charge in [-0.2, -0.15) is 0 Å². The van der Waals surface area contributed by atoms with Crippen LogP contribution in [0.2, 0.25) is 5.02 Å². The smallest absolute Gasteiger partial charge is 0.339 e. The maximum atomic E-state index is 11.8. The molecule has 5 nitrogen and oxygen atoms in total. The molecule has 114 valence electrons. The first-order valence-electron chi connectivity index (χ1n) is 6.48. The number of aromatic carboxylic acids is 1. The Morgan fingerprint density at radius 1 is 1.18 bits per heavy atom. The number of benzene rings is 2. The topological polar surface area (TPSA) is 75.6 Å². The van der Waals surface area contributed by atoms with Crippen LogP contribution in [0.15, 0.2) is 42.5 Å². The molecule has 2 aromatic rings. The first-order chi connectivity index (χ1) is 10.5. The highest BCUT2D eigenvalue weighted by molar-refractivity contribution is 6.30. The summed E-state index contributed by atoms with van der Waals surface area (Å²) in [6.07, 6.45) is 0. The number of hydrogen-bond acceptors (Lipinski definition) is 3. The molecule has 1 amide bonds. The monoisotopic (exact) mass is 319 g/mol. The van der Waals surface area contributed by atoms with Crippen LogP contribution in [0.1, 0.15) is 15.9 Å². The van der Waals surface area contributed by atoms with Gasteiger partial charge in [-0.05, 0) is 42.8 Å². The van der Waals surface area contributed by atoms with Gasteiger partial charge in [0.2, 0.25) is 0 Å². The van der Waals surface area contributed by atoms with E-state index in [1.807, 2.05) is 0 Å². The maximum absolute atomic E-state index is 11.8. The second-order valence-electron chi connectivity index (χ2n) is 4.60. The fourth-order valence-electron chi connectivity index (χ4n) is 1.88. The molecule has 2 N–H and O–H groups in total. The van der Waals surface area contributed by atoms with Gasteiger partial charge in [0.05, 0.1) is 0 Å². The summed E-state index contributed by atoms with van der Waals surface area (Å²) < 4.78 is 5.37. The predicted octanol–water partition coefficient (Wildman–Crippen LogP) is 3.36. The number of carboxylic acids is 1. The number of amides is 1. The van der Waals surface area contributed by atoms with Crippen molar-refractivity contribution < 1.29 is 19.4 Å². The van der Waals surface area contributed by atoms with Crippen LogP contribution in [0.25, 0.3) is 0 Å². The highest BCUT2D eigenvalue weighted by atomic mass is 35.5. The average Bonchev–Trinajstić information content (AvgIpc) is 2.48. The molecule has 0 saturated carbocycles. The fraction of sp³-hybridized carbons (Fsp3) is 0.125. The van der Waals surface area contributed by atoms with Gasteiger partial charge in [-0.3, -0.25) is 4.79 Å². The molecule has 0 aliphatic rings. The van der Waals surface area contributed by atoms with Gasteiger partial charge in [-0.15, -0.1) is 0 Å². The lowest BCUT2D eigenvalue weighted by Gasteiger charge is -2.12. The molecule has 22 heavy (non-hydrogen) atoms. The molecule has 2 rings (SSSR count). The van der Waals surface area contributed by atoms with Crippen LogP contribution in [0.3, 0.4) is 0 Å². The molecule has 0 aliphatic heterocycles. The lowest BCUT2D eigenvalue weighted by molar-refractivity contribution is -0.118. The average molecular weight is 320 g/mol. The summed E-state index contributed by atoms with van der Waals surface area (Å²) in [5, 5.41) is 12.3. The van der Waals surface area contributed by atoms with E-state index in [2.05, 4.69) is 5.32 Å². The van der Waals surface area contributed by atoms with Crippen molar-refractivity contribution in [3.8, 4) is 5.75 Å². The predicted molar refractivity (Wildman–Crippen MR) is 83.7 cm³/mol. The zero-order valence-corrected chi connectivity index (χ0v) is 12.6. The van der Waals surface area contributed by atoms with Crippen LogP contribution in [0, 0.1) is 6.92 Å². The van der Waals surface area contributed by atoms with Crippen molar-refractivity contribution in [2.75, 3.05) is 11.9 Å². The van der Waals surface area contributed by atoms with Crippen LogP contribution in [0.4, 0.5) is 5.69 Å². The standard InChI is InChI=1S/C16H14ClNO4/c1-10-3-2-4-13(16(20)21)15(10)22-9-14(19)18-12-7-5-11(17)6-8-12/h2-8H,9H2,1H3,(H,18,19)(H,20,21). The van der Waals surface area contributed by atoms with Gasteiger partial charge in [0.1, 0.15) is 11.3 Å². The van der Waals surface area contributed by atoms with Crippen molar-refractivity contribution in [1.29, 1.82) is 0 Å². The summed E-state index contributed by atoms with van der Waals surface area (Å²) in [5.41, 5.74) is 1.26. The number of aryl methyl sites for hydroxylation is 1. The summed E-state index contributed by atoms with van der Waals surface area (Å²) in [6, 6.07) is 11.4. The van der Waals surface area contributed by atoms with E-state index in [0.29, 0.717) is 16.3 Å². The van der Waals surface area contributed by atoms with Crippen molar-refractivity contribution in [2.24, 2.45) is 0 Å². The molecule has 0 aliphatic carbocycles. The molecule has 0 radical (unpaired) electrons. The van der Waals surface area contributed by atoms with Gasteiger partial charge in [0.15, 0.2) is 6.61 Å². The number of ether oxygens (including phenoxy) is 1. The molecular formula is C16H14ClNO4. The lowest BCUT2D eigenvalue weighted by atomic mass is 10.1. The van der Waals surface area contributed by atoms with Crippen molar-refractivity contribution in [3.05, 3.63) is 58.6 Å². The van der Waals surface area contributed by atoms with E-state index < -0.39 is 5.97 Å². The fourth-order valence-corrected chi connectivity index (χ4v) is 2.01. The summed E-state index contributed by atoms with van der Waals surface area (Å²) in [4.78, 5) is 23.0. The second-order valence-corrected chi connectivity index (χ2v) is 5.04. The van der Waals surface area contributed by atoms with Gasteiger partial charge in [0.25, 0.3) is 5.91 Å². The van der Waals surface area contributed by atoms with Crippen LogP contribution < -0.4 is 10.1 Å². The summed E-state index contributed by atoms with van der Waals surface area (Å²) in [6.45, 7) is 1.44. The Balaban J connectivity index is 2.02. The molecule has 0 bridgehead atoms. The van der Waals surface area contributed by atoms with Crippen molar-refractivity contribution in [1.82, 2.24) is 0 Å². The number of anilines is 1. The van der Waals surface area contributed by atoms with E-state index in [-0.39, 0.29) is 23.8 Å². The molecule has 0 atom stereocenters. The second kappa shape index (κ2) is 6.95. The summed E-state index contributed by atoms with van der Waals surface area (Å²) in [7, 11) is 0. The van der Waals surface area contributed by atoms with Gasteiger partial charge in [0, 0.05) is 10.7 Å². The molecule has 0 spiro atoms. The zero-order chi connectivity index (χ0) is 16.1. The Morgan fingerprint density at radius 2 is 1.86 bits per heavy atom. The number of para-hydroxylation sites is 1. The zero-order valence-electron chi connectivity index (χ0n) is 11.8. The number of hydrogen-bond donors (Lipinski definition) is 2. The van der Waals surface area contributed by atoms with Crippen LogP contribution in [0.5, 0.6) is 5.75 Å². The maximum Gasteiger partial charge on any atom is 0.339 e. The number of rotatable bonds is 5. The van der Waals surface area contributed by atoms with Crippen LogP contribution in [-0.2, 0) is 4.79 Å². The lowest BCUT2D eigenvalue weighted by Crippen LogP contribution is -2.21. The Labute approximate surface area is 132 Å². The molecule has 0 aromatic heterocycles. The SMILES string of the molecule is Cc1cccc(C(=O)O)c1OCC(=O)Nc1ccc(Cl)cc1. The first kappa shape index (κ1) is 15.9. The van der Waals surface area contributed by atoms with E-state index in [4.69, 9.17) is 21.4 Å². The Kier molecular flexibility index (Phi) is 5.01. The van der Waals surface area contributed by atoms with E-state index in [9.17, 15) is 9.59 Å². The Morgan fingerprint density at radius 3 is 2.50 bits per heavy atom. The van der Waals surface area contributed by atoms with Gasteiger partial charge < -0.3 is 15.2 Å². The summed E-state index contributed by atoms with van der Waals surface area (Å²) in [5.74, 6) is -1.29. The van der Waals surface area contributed by atoms with E-state index in [1.54, 1.807) is 43.3 Å². The molecule has 0 fully saturated rings. The van der Waals surface area contributed by atoms with E-state index in [0.717, 1.165) is 0 Å². The molecule has 0 unspecified atom stereocenters. The van der Waals surface area contributed by atoms with Crippen molar-refractivity contribution in [3.63, 3.8) is 0 Å². The Bertz CT molecular complexity index is 698. The van der Waals surface area contributed by atoms with Crippen molar-refractivity contribution >= 4 is 29.2 Å². The highest BCUT2D eigenvalue weighted by Gasteiger charge is 2.14. The molecular weight excluding hydrogens is 306 g/mol.